The maximum absolute atomic E-state index is 11.8. The highest BCUT2D eigenvalue weighted by Gasteiger charge is 2.26. The van der Waals surface area contributed by atoms with Gasteiger partial charge >= 0.3 is 0 Å². The molecule has 1 N–H and O–H groups in total. The number of aromatic nitrogens is 1. The number of rotatable bonds is 3. The zero-order chi connectivity index (χ0) is 11.8. The molecule has 84 valence electrons. The molecule has 0 amide bonds. The quantitative estimate of drug-likeness (QED) is 0.793. The molecule has 1 unspecified atom stereocenters. The molecule has 0 spiro atoms. The number of nitrogens with one attached hydrogen (secondary N) is 1. The summed E-state index contributed by atoms with van der Waals surface area (Å²) in [5.41, 5.74) is 2.17. The van der Waals surface area contributed by atoms with Gasteiger partial charge < -0.3 is 4.98 Å². The lowest BCUT2D eigenvalue weighted by Crippen LogP contribution is -2.27. The van der Waals surface area contributed by atoms with Gasteiger partial charge in [0.1, 0.15) is 5.25 Å². The van der Waals surface area contributed by atoms with Gasteiger partial charge in [-0.15, -0.1) is 0 Å². The van der Waals surface area contributed by atoms with E-state index in [-0.39, 0.29) is 5.78 Å². The smallest absolute Gasteiger partial charge is 0.197 e. The van der Waals surface area contributed by atoms with E-state index in [9.17, 15) is 13.2 Å². The van der Waals surface area contributed by atoms with Crippen molar-refractivity contribution in [1.29, 1.82) is 0 Å². The van der Waals surface area contributed by atoms with E-state index < -0.39 is 15.1 Å². The number of hydrogen-bond donors (Lipinski definition) is 1. The van der Waals surface area contributed by atoms with Crippen LogP contribution in [0.4, 0.5) is 0 Å². The second-order valence-corrected chi connectivity index (χ2v) is 6.17. The van der Waals surface area contributed by atoms with E-state index in [2.05, 4.69) is 4.98 Å². The van der Waals surface area contributed by atoms with Crippen LogP contribution in [0.1, 0.15) is 28.5 Å². The minimum absolute atomic E-state index is 0.372. The Morgan fingerprint density at radius 1 is 1.40 bits per heavy atom. The minimum atomic E-state index is -3.33. The van der Waals surface area contributed by atoms with Gasteiger partial charge in [-0.05, 0) is 31.9 Å². The number of carbonyl (C=O) groups is 1. The Labute approximate surface area is 89.6 Å². The number of ketones is 1. The average molecular weight is 229 g/mol. The molecule has 1 aromatic heterocycles. The lowest BCUT2D eigenvalue weighted by atomic mass is 10.1. The van der Waals surface area contributed by atoms with Crippen molar-refractivity contribution in [1.82, 2.24) is 4.98 Å². The number of Topliss-reactive ketones (excluding diaryl/α,β-unsaturated/α-hetero) is 1. The number of carbonyl (C=O) groups excluding carboxylic acids is 1. The number of hydrogen-bond acceptors (Lipinski definition) is 3. The molecule has 1 heterocycles. The number of H-pyrrole nitrogens is 1. The van der Waals surface area contributed by atoms with Gasteiger partial charge in [0.25, 0.3) is 0 Å². The van der Waals surface area contributed by atoms with Gasteiger partial charge in [-0.25, -0.2) is 8.42 Å². The molecule has 4 nitrogen and oxygen atoms in total. The monoisotopic (exact) mass is 229 g/mol. The van der Waals surface area contributed by atoms with E-state index in [4.69, 9.17) is 0 Å². The Morgan fingerprint density at radius 2 is 1.93 bits per heavy atom. The van der Waals surface area contributed by atoms with Crippen LogP contribution in [-0.4, -0.2) is 30.7 Å². The molecule has 0 bridgehead atoms. The standard InChI is InChI=1S/C10H15NO3S/c1-6-5-11-9(7(6)2)10(12)8(3)15(4,13)14/h5,8,11H,1-4H3. The van der Waals surface area contributed by atoms with Crippen molar-refractivity contribution in [2.75, 3.05) is 6.26 Å². The zero-order valence-electron chi connectivity index (χ0n) is 9.29. The first kappa shape index (κ1) is 12.0. The maximum Gasteiger partial charge on any atom is 0.197 e. The van der Waals surface area contributed by atoms with Crippen molar-refractivity contribution in [3.8, 4) is 0 Å². The molecule has 1 atom stereocenters. The maximum atomic E-state index is 11.8. The summed E-state index contributed by atoms with van der Waals surface area (Å²) >= 11 is 0. The molecule has 0 aliphatic carbocycles. The summed E-state index contributed by atoms with van der Waals surface area (Å²) in [6.07, 6.45) is 2.78. The van der Waals surface area contributed by atoms with Gasteiger partial charge in [0.15, 0.2) is 15.6 Å². The SMILES string of the molecule is Cc1c[nH]c(C(=O)C(C)S(C)(=O)=O)c1C. The summed E-state index contributed by atoms with van der Waals surface area (Å²) < 4.78 is 22.5. The molecule has 1 rings (SSSR count). The Morgan fingerprint density at radius 3 is 2.27 bits per heavy atom. The summed E-state index contributed by atoms with van der Waals surface area (Å²) in [6.45, 7) is 5.08. The van der Waals surface area contributed by atoms with Crippen LogP contribution in [0.25, 0.3) is 0 Å². The van der Waals surface area contributed by atoms with Crippen molar-refractivity contribution in [2.45, 2.75) is 26.0 Å². The first-order valence-corrected chi connectivity index (χ1v) is 6.58. The van der Waals surface area contributed by atoms with Gasteiger partial charge in [-0.2, -0.15) is 0 Å². The normalized spacial score (nSPS) is 13.9. The fourth-order valence-corrected chi connectivity index (χ4v) is 1.75. The molecule has 5 heteroatoms. The fraction of sp³-hybridized carbons (Fsp3) is 0.500. The Hall–Kier alpha value is -1.10. The molecule has 0 aliphatic rings. The molecular weight excluding hydrogens is 214 g/mol. The highest BCUT2D eigenvalue weighted by atomic mass is 32.2. The zero-order valence-corrected chi connectivity index (χ0v) is 10.1. The van der Waals surface area contributed by atoms with Gasteiger partial charge in [-0.3, -0.25) is 4.79 Å². The van der Waals surface area contributed by atoms with E-state index in [1.165, 1.54) is 6.92 Å². The van der Waals surface area contributed by atoms with Crippen LogP contribution in [0.5, 0.6) is 0 Å². The predicted molar refractivity (Wildman–Crippen MR) is 58.9 cm³/mol. The summed E-state index contributed by atoms with van der Waals surface area (Å²) in [6, 6.07) is 0. The van der Waals surface area contributed by atoms with Gasteiger partial charge in [0.2, 0.25) is 0 Å². The van der Waals surface area contributed by atoms with E-state index >= 15 is 0 Å². The lowest BCUT2D eigenvalue weighted by Gasteiger charge is -2.07. The van der Waals surface area contributed by atoms with E-state index in [0.717, 1.165) is 17.4 Å². The van der Waals surface area contributed by atoms with Gasteiger partial charge in [0, 0.05) is 12.5 Å². The van der Waals surface area contributed by atoms with Gasteiger partial charge in [0.05, 0.1) is 5.69 Å². The molecule has 0 aromatic carbocycles. The molecule has 0 fully saturated rings. The Kier molecular flexibility index (Phi) is 3.04. The average Bonchev–Trinajstić information content (AvgIpc) is 2.44. The van der Waals surface area contributed by atoms with Crippen LogP contribution in [0.2, 0.25) is 0 Å². The predicted octanol–water partition coefficient (Wildman–Crippen LogP) is 1.25. The number of sulfone groups is 1. The first-order valence-electron chi connectivity index (χ1n) is 4.62. The van der Waals surface area contributed by atoms with Crippen LogP contribution in [0.3, 0.4) is 0 Å². The van der Waals surface area contributed by atoms with Crippen molar-refractivity contribution >= 4 is 15.6 Å². The second-order valence-electron chi connectivity index (χ2n) is 3.81. The van der Waals surface area contributed by atoms with E-state index in [0.29, 0.717) is 5.69 Å². The van der Waals surface area contributed by atoms with Crippen LogP contribution >= 0.6 is 0 Å². The van der Waals surface area contributed by atoms with Crippen LogP contribution in [0, 0.1) is 13.8 Å². The molecule has 15 heavy (non-hydrogen) atoms. The number of aromatic amines is 1. The summed E-state index contributed by atoms with van der Waals surface area (Å²) in [5, 5.41) is -0.991. The number of aryl methyl sites for hydroxylation is 1. The topological polar surface area (TPSA) is 67.0 Å². The summed E-state index contributed by atoms with van der Waals surface area (Å²) in [4.78, 5) is 14.6. The highest BCUT2D eigenvalue weighted by molar-refractivity contribution is 7.92. The molecule has 0 radical (unpaired) electrons. The van der Waals surface area contributed by atoms with E-state index in [1.54, 1.807) is 13.1 Å². The second kappa shape index (κ2) is 3.81. The Bertz CT molecular complexity index is 485. The minimum Gasteiger partial charge on any atom is -0.358 e. The van der Waals surface area contributed by atoms with Crippen molar-refractivity contribution in [2.24, 2.45) is 0 Å². The van der Waals surface area contributed by atoms with Crippen molar-refractivity contribution in [3.63, 3.8) is 0 Å². The highest BCUT2D eigenvalue weighted by Crippen LogP contribution is 2.15. The third-order valence-corrected chi connectivity index (χ3v) is 4.16. The third-order valence-electron chi connectivity index (χ3n) is 2.66. The molecule has 0 aliphatic heterocycles. The van der Waals surface area contributed by atoms with Crippen LogP contribution in [0.15, 0.2) is 6.20 Å². The first-order chi connectivity index (χ1) is 6.75. The lowest BCUT2D eigenvalue weighted by molar-refractivity contribution is 0.0987. The van der Waals surface area contributed by atoms with Crippen LogP contribution < -0.4 is 0 Å². The summed E-state index contributed by atoms with van der Waals surface area (Å²) in [7, 11) is -3.33. The molecular formula is C10H15NO3S. The van der Waals surface area contributed by atoms with Crippen molar-refractivity contribution in [3.05, 3.63) is 23.0 Å². The fourth-order valence-electron chi connectivity index (χ4n) is 1.25. The molecule has 0 saturated carbocycles. The van der Waals surface area contributed by atoms with Crippen LogP contribution in [-0.2, 0) is 9.84 Å². The Balaban J connectivity index is 3.11. The van der Waals surface area contributed by atoms with E-state index in [1.807, 2.05) is 6.92 Å². The third kappa shape index (κ3) is 2.28. The molecule has 1 aromatic rings. The largest absolute Gasteiger partial charge is 0.358 e. The van der Waals surface area contributed by atoms with Crippen molar-refractivity contribution < 1.29 is 13.2 Å². The van der Waals surface area contributed by atoms with Gasteiger partial charge in [-0.1, -0.05) is 0 Å². The summed E-state index contributed by atoms with van der Waals surface area (Å²) in [5.74, 6) is -0.372. The molecule has 0 saturated heterocycles.